The summed E-state index contributed by atoms with van der Waals surface area (Å²) in [5.41, 5.74) is 0.417. The molecule has 1 aliphatic heterocycles. The average Bonchev–Trinajstić information content (AvgIpc) is 2.44. The maximum absolute atomic E-state index is 13.5. The third-order valence-corrected chi connectivity index (χ3v) is 3.44. The number of hydrogen-bond acceptors (Lipinski definition) is 3. The molecule has 5 heteroatoms. The van der Waals surface area contributed by atoms with E-state index in [2.05, 4.69) is 16.8 Å². The molecule has 0 bridgehead atoms. The highest BCUT2D eigenvalue weighted by molar-refractivity contribution is 5.37. The molecule has 1 aromatic rings. The van der Waals surface area contributed by atoms with Gasteiger partial charge in [-0.2, -0.15) is 4.39 Å². The fourth-order valence-electron chi connectivity index (χ4n) is 2.45. The summed E-state index contributed by atoms with van der Waals surface area (Å²) >= 11 is 0. The minimum atomic E-state index is -1.18. The van der Waals surface area contributed by atoms with Gasteiger partial charge in [0.25, 0.3) is 0 Å². The van der Waals surface area contributed by atoms with Crippen molar-refractivity contribution in [3.05, 3.63) is 42.0 Å². The van der Waals surface area contributed by atoms with E-state index in [0.29, 0.717) is 12.0 Å². The zero-order valence-corrected chi connectivity index (χ0v) is 10.7. The maximum atomic E-state index is 13.5. The van der Waals surface area contributed by atoms with Gasteiger partial charge in [0.05, 0.1) is 0 Å². The number of nitrogens with one attached hydrogen (secondary N) is 1. The Labute approximate surface area is 111 Å². The van der Waals surface area contributed by atoms with Crippen LogP contribution in [0.4, 0.5) is 8.78 Å². The predicted molar refractivity (Wildman–Crippen MR) is 70.0 cm³/mol. The molecule has 104 valence electrons. The molecule has 1 aromatic carbocycles. The first-order valence-corrected chi connectivity index (χ1v) is 6.37. The Morgan fingerprint density at radius 2 is 2.05 bits per heavy atom. The molecular formula is C14H18F2N2O. The summed E-state index contributed by atoms with van der Waals surface area (Å²) in [5.74, 6) is -2.80. The third kappa shape index (κ3) is 2.93. The summed E-state index contributed by atoms with van der Waals surface area (Å²) in [7, 11) is 0. The lowest BCUT2D eigenvalue weighted by atomic mass is 9.99. The molecule has 19 heavy (non-hydrogen) atoms. The zero-order valence-electron chi connectivity index (χ0n) is 10.7. The molecular weight excluding hydrogens is 250 g/mol. The van der Waals surface area contributed by atoms with Gasteiger partial charge in [-0.15, -0.1) is 6.58 Å². The molecule has 1 heterocycles. The van der Waals surface area contributed by atoms with Gasteiger partial charge in [0, 0.05) is 37.8 Å². The van der Waals surface area contributed by atoms with Crippen molar-refractivity contribution in [2.75, 3.05) is 26.2 Å². The monoisotopic (exact) mass is 268 g/mol. The summed E-state index contributed by atoms with van der Waals surface area (Å²) in [6, 6.07) is 2.33. The second-order valence-electron chi connectivity index (χ2n) is 4.63. The third-order valence-electron chi connectivity index (χ3n) is 3.44. The van der Waals surface area contributed by atoms with Crippen LogP contribution in [0.2, 0.25) is 0 Å². The highest BCUT2D eigenvalue weighted by atomic mass is 19.2. The summed E-state index contributed by atoms with van der Waals surface area (Å²) in [6.07, 6.45) is 2.31. The lowest BCUT2D eigenvalue weighted by molar-refractivity contribution is 0.171. The number of aromatic hydroxyl groups is 1. The first-order chi connectivity index (χ1) is 9.15. The first-order valence-electron chi connectivity index (χ1n) is 6.37. The van der Waals surface area contributed by atoms with Crippen molar-refractivity contribution in [2.24, 2.45) is 0 Å². The standard InChI is InChI=1S/C14H18F2N2O/c1-2-3-12(18-8-6-17-7-9-18)10-4-5-11(15)13(16)14(10)19/h2,4-5,12,17,19H,1,3,6-9H2/t12-/m0/s1. The van der Waals surface area contributed by atoms with E-state index in [1.807, 2.05) is 0 Å². The predicted octanol–water partition coefficient (Wildman–Crippen LogP) is 2.19. The van der Waals surface area contributed by atoms with Crippen LogP contribution in [0.25, 0.3) is 0 Å². The molecule has 0 radical (unpaired) electrons. The second kappa shape index (κ2) is 6.12. The molecule has 2 N–H and O–H groups in total. The quantitative estimate of drug-likeness (QED) is 0.822. The number of benzene rings is 1. The molecule has 0 aliphatic carbocycles. The van der Waals surface area contributed by atoms with Crippen LogP contribution in [0.15, 0.2) is 24.8 Å². The largest absolute Gasteiger partial charge is 0.505 e. The van der Waals surface area contributed by atoms with Crippen molar-refractivity contribution in [1.82, 2.24) is 10.2 Å². The molecule has 1 aliphatic rings. The fraction of sp³-hybridized carbons (Fsp3) is 0.429. The molecule has 1 saturated heterocycles. The van der Waals surface area contributed by atoms with Gasteiger partial charge in [0.15, 0.2) is 11.6 Å². The maximum Gasteiger partial charge on any atom is 0.200 e. The van der Waals surface area contributed by atoms with Gasteiger partial charge >= 0.3 is 0 Å². The number of piperazine rings is 1. The van der Waals surface area contributed by atoms with Crippen LogP contribution in [0.1, 0.15) is 18.0 Å². The van der Waals surface area contributed by atoms with E-state index in [4.69, 9.17) is 0 Å². The van der Waals surface area contributed by atoms with Gasteiger partial charge in [-0.1, -0.05) is 12.1 Å². The average molecular weight is 268 g/mol. The second-order valence-corrected chi connectivity index (χ2v) is 4.63. The van der Waals surface area contributed by atoms with Crippen molar-refractivity contribution in [1.29, 1.82) is 0 Å². The number of nitrogens with zero attached hydrogens (tertiary/aromatic N) is 1. The van der Waals surface area contributed by atoms with Crippen molar-refractivity contribution >= 4 is 0 Å². The fourth-order valence-corrected chi connectivity index (χ4v) is 2.45. The highest BCUT2D eigenvalue weighted by Gasteiger charge is 2.25. The van der Waals surface area contributed by atoms with Crippen LogP contribution in [-0.2, 0) is 0 Å². The van der Waals surface area contributed by atoms with E-state index >= 15 is 0 Å². The molecule has 0 unspecified atom stereocenters. The number of phenolic OH excluding ortho intramolecular Hbond substituents is 1. The summed E-state index contributed by atoms with van der Waals surface area (Å²) in [5, 5.41) is 13.0. The van der Waals surface area contributed by atoms with E-state index < -0.39 is 17.4 Å². The molecule has 2 rings (SSSR count). The van der Waals surface area contributed by atoms with Crippen LogP contribution < -0.4 is 5.32 Å². The Kier molecular flexibility index (Phi) is 4.50. The minimum Gasteiger partial charge on any atom is -0.505 e. The smallest absolute Gasteiger partial charge is 0.200 e. The Morgan fingerprint density at radius 1 is 1.37 bits per heavy atom. The lowest BCUT2D eigenvalue weighted by Gasteiger charge is -2.35. The van der Waals surface area contributed by atoms with Gasteiger partial charge in [-0.25, -0.2) is 4.39 Å². The highest BCUT2D eigenvalue weighted by Crippen LogP contribution is 2.34. The number of halogens is 2. The van der Waals surface area contributed by atoms with E-state index in [9.17, 15) is 13.9 Å². The topological polar surface area (TPSA) is 35.5 Å². The van der Waals surface area contributed by atoms with Gasteiger partial charge in [0.2, 0.25) is 5.82 Å². The summed E-state index contributed by atoms with van der Waals surface area (Å²) < 4.78 is 26.5. The molecule has 1 atom stereocenters. The van der Waals surface area contributed by atoms with Gasteiger partial charge in [-0.05, 0) is 12.5 Å². The van der Waals surface area contributed by atoms with E-state index in [0.717, 1.165) is 32.2 Å². The van der Waals surface area contributed by atoms with Crippen LogP contribution in [0, 0.1) is 11.6 Å². The van der Waals surface area contributed by atoms with E-state index in [1.54, 1.807) is 6.08 Å². The van der Waals surface area contributed by atoms with Crippen molar-refractivity contribution in [2.45, 2.75) is 12.5 Å². The number of rotatable bonds is 4. The van der Waals surface area contributed by atoms with Crippen LogP contribution >= 0.6 is 0 Å². The molecule has 0 saturated carbocycles. The van der Waals surface area contributed by atoms with E-state index in [-0.39, 0.29) is 6.04 Å². The zero-order chi connectivity index (χ0) is 13.8. The van der Waals surface area contributed by atoms with Crippen molar-refractivity contribution in [3.8, 4) is 5.75 Å². The van der Waals surface area contributed by atoms with E-state index in [1.165, 1.54) is 6.07 Å². The molecule has 0 aromatic heterocycles. The number of hydrogen-bond donors (Lipinski definition) is 2. The normalized spacial score (nSPS) is 18.2. The number of phenols is 1. The van der Waals surface area contributed by atoms with Gasteiger partial charge in [0.1, 0.15) is 0 Å². The Morgan fingerprint density at radius 3 is 2.68 bits per heavy atom. The molecule has 1 fully saturated rings. The Balaban J connectivity index is 2.32. The van der Waals surface area contributed by atoms with Crippen LogP contribution in [0.5, 0.6) is 5.75 Å². The van der Waals surface area contributed by atoms with Gasteiger partial charge < -0.3 is 10.4 Å². The summed E-state index contributed by atoms with van der Waals surface area (Å²) in [4.78, 5) is 2.14. The minimum absolute atomic E-state index is 0.172. The van der Waals surface area contributed by atoms with Crippen molar-refractivity contribution < 1.29 is 13.9 Å². The Hall–Kier alpha value is -1.46. The van der Waals surface area contributed by atoms with Crippen LogP contribution in [0.3, 0.4) is 0 Å². The summed E-state index contributed by atoms with van der Waals surface area (Å²) in [6.45, 7) is 6.99. The van der Waals surface area contributed by atoms with Crippen molar-refractivity contribution in [3.63, 3.8) is 0 Å². The molecule has 3 nitrogen and oxygen atoms in total. The molecule has 0 spiro atoms. The van der Waals surface area contributed by atoms with Crippen LogP contribution in [-0.4, -0.2) is 36.2 Å². The van der Waals surface area contributed by atoms with Gasteiger partial charge in [-0.3, -0.25) is 4.90 Å². The Bertz CT molecular complexity index is 459. The lowest BCUT2D eigenvalue weighted by Crippen LogP contribution is -2.45. The first kappa shape index (κ1) is 14.0. The SMILES string of the molecule is C=CC[C@@H](c1ccc(F)c(F)c1O)N1CCNCC1. The molecule has 0 amide bonds.